The number of hydrogen-bond acceptors (Lipinski definition) is 24. The highest BCUT2D eigenvalue weighted by molar-refractivity contribution is 6.00. The second-order valence-electron chi connectivity index (χ2n) is 31.3. The lowest BCUT2D eigenvalue weighted by atomic mass is 9.80. The smallest absolute Gasteiger partial charge is 0.329 e. The second-order valence-corrected chi connectivity index (χ2v) is 31.3. The first-order valence-corrected chi connectivity index (χ1v) is 38.8. The van der Waals surface area contributed by atoms with E-state index in [1.807, 2.05) is 20.8 Å². The molecule has 2 saturated heterocycles. The number of likely N-dealkylation sites (N-methyl/N-ethyl adjacent to an activating group) is 1. The normalized spacial score (nSPS) is 24.5. The number of fused-ring (bicyclic) bond motifs is 1. The van der Waals surface area contributed by atoms with E-state index in [4.69, 9.17) is 32.4 Å². The Morgan fingerprint density at radius 1 is 0.611 bits per heavy atom. The van der Waals surface area contributed by atoms with Crippen molar-refractivity contribution >= 4 is 94.7 Å². The number of cyclic esters (lactones) is 1. The molecule has 0 aromatic carbocycles. The first kappa shape index (κ1) is 100. The van der Waals surface area contributed by atoms with Crippen LogP contribution in [0.15, 0.2) is 0 Å². The van der Waals surface area contributed by atoms with Crippen LogP contribution in [0.5, 0.6) is 0 Å². The highest BCUT2D eigenvalue weighted by Gasteiger charge is 2.48. The van der Waals surface area contributed by atoms with Crippen LogP contribution in [0, 0.1) is 53.3 Å². The molecule has 0 aromatic heterocycles. The molecule has 113 heavy (non-hydrogen) atoms. The van der Waals surface area contributed by atoms with Crippen LogP contribution in [-0.4, -0.2) is 273 Å². The summed E-state index contributed by atoms with van der Waals surface area (Å²) in [5.74, 6) is -25.9. The number of primary amides is 2. The lowest BCUT2D eigenvalue weighted by Crippen LogP contribution is -2.65. The van der Waals surface area contributed by atoms with Crippen LogP contribution in [0.1, 0.15) is 180 Å². The third-order valence-corrected chi connectivity index (χ3v) is 21.3. The zero-order chi connectivity index (χ0) is 86.3. The molecule has 0 spiro atoms. The van der Waals surface area contributed by atoms with E-state index in [-0.39, 0.29) is 88.8 Å². The summed E-state index contributed by atoms with van der Waals surface area (Å²) in [7, 11) is 2.31. The van der Waals surface area contributed by atoms with E-state index in [0.29, 0.717) is 0 Å². The molecule has 2 fully saturated rings. The van der Waals surface area contributed by atoms with E-state index in [1.54, 1.807) is 34.6 Å². The molecule has 644 valence electrons. The minimum absolute atomic E-state index is 0.0117. The molecule has 39 heteroatoms. The maximum atomic E-state index is 15.5. The predicted molar refractivity (Wildman–Crippen MR) is 407 cm³/mol. The number of amides is 13. The number of methoxy groups -OCH3 is 1. The van der Waals surface area contributed by atoms with Crippen LogP contribution in [0.4, 0.5) is 0 Å². The van der Waals surface area contributed by atoms with Gasteiger partial charge in [0.25, 0.3) is 5.91 Å². The van der Waals surface area contributed by atoms with Crippen molar-refractivity contribution in [1.29, 1.82) is 0 Å². The minimum Gasteiger partial charge on any atom is -0.481 e. The van der Waals surface area contributed by atoms with Crippen molar-refractivity contribution in [2.75, 3.05) is 40.4 Å². The largest absolute Gasteiger partial charge is 0.481 e. The number of carbonyl (C=O) groups excluding carboxylic acids is 14. The van der Waals surface area contributed by atoms with Gasteiger partial charge in [-0.15, -0.1) is 0 Å². The number of nitrogens with two attached hydrogens (primary N) is 4. The Hall–Kier alpha value is -8.76. The summed E-state index contributed by atoms with van der Waals surface area (Å²) in [6.45, 7) is 19.3. The van der Waals surface area contributed by atoms with Crippen LogP contribution in [0.25, 0.3) is 0 Å². The molecule has 2 aliphatic heterocycles. The molecule has 2 heterocycles. The minimum atomic E-state index is -2.73. The average Bonchev–Trinajstić information content (AvgIpc) is 0.889. The molecule has 2 aliphatic rings. The van der Waals surface area contributed by atoms with E-state index >= 15 is 19.2 Å². The van der Waals surface area contributed by atoms with Gasteiger partial charge in [0, 0.05) is 39.5 Å². The van der Waals surface area contributed by atoms with E-state index in [2.05, 4.69) is 47.9 Å². The number of nitrogens with zero attached hydrogens (tertiary/aromatic N) is 2. The van der Waals surface area contributed by atoms with Crippen LogP contribution in [0.2, 0.25) is 0 Å². The number of carbonyl (C=O) groups is 16. The summed E-state index contributed by atoms with van der Waals surface area (Å²) in [6.07, 6.45) is -12.9. The maximum Gasteiger partial charge on any atom is 0.329 e. The van der Waals surface area contributed by atoms with Gasteiger partial charge in [0.15, 0.2) is 6.10 Å². The highest BCUT2D eigenvalue weighted by atomic mass is 16.5. The first-order valence-electron chi connectivity index (χ1n) is 38.8. The maximum absolute atomic E-state index is 15.5. The lowest BCUT2D eigenvalue weighted by Gasteiger charge is -2.39. The SMILES string of the molecule is CO[C@H](C)[C@@H]1NC(=O)[C@H](CCC(N)=O)N(C)C(=O)[C@H](CC(C)C)NC(=O)[C@@H](CCCN)NC(=O)[C@@H](CO)NC(=O)[C@H](NC(=O)[C@@H](NC(=O)[C@H](O)[C@H](O)[C@H](CCC(=O)O)NC(=O)[C@@H](CCCN)NC(=O)[C@H](C)[C@H](O)[C@H](C)[C@H](C)CC(C)C)[C@@H](C)[C@@H](C)C(N)=O)[C@@H]([C@H](C)C(C)C)OC(=O)[C@@H]2CCCCN2C(=O)[C@@H](CC(=O)O)NC1=O. The number of rotatable bonds is 39. The summed E-state index contributed by atoms with van der Waals surface area (Å²) >= 11 is 0. The molecule has 23 N–H and O–H groups in total. The number of piperidine rings is 1. The van der Waals surface area contributed by atoms with Crippen LogP contribution in [-0.2, 0) is 86.2 Å². The quantitative estimate of drug-likeness (QED) is 0.0259. The monoisotopic (exact) mass is 1610 g/mol. The predicted octanol–water partition coefficient (Wildman–Crippen LogP) is -4.27. The number of carboxylic acid groups (broad SMARTS) is 2. The Kier molecular flexibility index (Phi) is 43.0. The lowest BCUT2D eigenvalue weighted by molar-refractivity contribution is -0.168. The van der Waals surface area contributed by atoms with Crippen molar-refractivity contribution in [3.63, 3.8) is 0 Å². The van der Waals surface area contributed by atoms with E-state index in [1.165, 1.54) is 34.6 Å². The van der Waals surface area contributed by atoms with Crippen molar-refractivity contribution in [3.8, 4) is 0 Å². The molecule has 0 radical (unpaired) electrons. The highest BCUT2D eigenvalue weighted by Crippen LogP contribution is 2.29. The molecule has 13 amide bonds. The summed E-state index contributed by atoms with van der Waals surface area (Å²) < 4.78 is 11.7. The van der Waals surface area contributed by atoms with Crippen LogP contribution in [0.3, 0.4) is 0 Å². The number of aliphatic hydroxyl groups excluding tert-OH is 4. The van der Waals surface area contributed by atoms with Crippen LogP contribution >= 0.6 is 0 Å². The molecule has 22 atom stereocenters. The molecule has 0 aliphatic carbocycles. The van der Waals surface area contributed by atoms with Crippen molar-refractivity contribution in [2.24, 2.45) is 76.2 Å². The molecule has 0 saturated carbocycles. The average molecular weight is 1610 g/mol. The van der Waals surface area contributed by atoms with Gasteiger partial charge in [-0.05, 0) is 132 Å². The topological polar surface area (TPSA) is 632 Å². The summed E-state index contributed by atoms with van der Waals surface area (Å²) in [4.78, 5) is 229. The zero-order valence-electron chi connectivity index (χ0n) is 67.9. The van der Waals surface area contributed by atoms with Gasteiger partial charge in [0.05, 0.1) is 37.2 Å². The molecular weight excluding hydrogens is 1480 g/mol. The zero-order valence-corrected chi connectivity index (χ0v) is 67.9. The molecule has 0 aromatic rings. The van der Waals surface area contributed by atoms with Gasteiger partial charge in [-0.1, -0.05) is 83.1 Å². The summed E-state index contributed by atoms with van der Waals surface area (Å²) in [5, 5.41) is 88.1. The van der Waals surface area contributed by atoms with Crippen molar-refractivity contribution in [3.05, 3.63) is 0 Å². The fourth-order valence-corrected chi connectivity index (χ4v) is 13.4. The Labute approximate surface area is 660 Å². The van der Waals surface area contributed by atoms with Gasteiger partial charge in [-0.2, -0.15) is 0 Å². The van der Waals surface area contributed by atoms with Crippen molar-refractivity contribution in [2.45, 2.75) is 277 Å². The van der Waals surface area contributed by atoms with Gasteiger partial charge in [0.1, 0.15) is 72.6 Å². The number of aliphatic hydroxyl groups is 4. The Bertz CT molecular complexity index is 3240. The molecule has 2 rings (SSSR count). The van der Waals surface area contributed by atoms with E-state index in [0.717, 1.165) is 30.4 Å². The third kappa shape index (κ3) is 31.2. The van der Waals surface area contributed by atoms with Crippen molar-refractivity contribution in [1.82, 2.24) is 57.7 Å². The second kappa shape index (κ2) is 48.5. The third-order valence-electron chi connectivity index (χ3n) is 21.3. The number of nitrogens with one attached hydrogen (secondary N) is 9. The fourth-order valence-electron chi connectivity index (χ4n) is 13.4. The molecule has 39 nitrogen and oxygen atoms in total. The molecule has 0 unspecified atom stereocenters. The Morgan fingerprint density at radius 3 is 1.74 bits per heavy atom. The summed E-state index contributed by atoms with van der Waals surface area (Å²) in [6, 6.07) is -20.3. The van der Waals surface area contributed by atoms with Gasteiger partial charge in [-0.3, -0.25) is 71.9 Å². The number of carboxylic acids is 2. The van der Waals surface area contributed by atoms with Crippen molar-refractivity contribution < 1.29 is 117 Å². The standard InChI is InChI=1S/C74H129N15O24/c1-34(2)30-37(7)39(9)58(96)42(12)63(100)80-45(20-18-27-75)64(101)79-44(23-26-53(92)93)59(97)60(98)71(108)85-55(40(10)41(11)62(78)99)68(105)87-57-61(38(8)36(5)6)113-74(111)51-22-16-17-29-89(51)73(110)48(32-54(94)95)83-69(106)56(43(13)112-15)86-67(104)50(24-25-52(77)91)88(14)72(109)47(31-35(3)4)82-65(102)46(21-19-28-76)81-66(103)49(33-90)84-70(57)107/h34-51,55-61,90,96-98H,16-33,75-76H2,1-15H3,(H2,77,91)(H2,78,99)(H,79,101)(H,80,100)(H,81,103)(H,82,102)(H,83,106)(H,84,107)(H,85,108)(H,86,104)(H,87,105)(H,92,93)(H,94,95)/t37-,38-,39-,40+,41-,42-,43-,44+,45-,46-,47+,48-,49-,50+,51+,55+,56+,57-,58-,59-,60-,61-/m1/s1. The fraction of sp³-hybridized carbons (Fsp3) is 0.784. The van der Waals surface area contributed by atoms with Gasteiger partial charge >= 0.3 is 17.9 Å². The van der Waals surface area contributed by atoms with E-state index in [9.17, 15) is 88.2 Å². The van der Waals surface area contributed by atoms with Crippen LogP contribution < -0.4 is 70.8 Å². The molecule has 0 bridgehead atoms. The Balaban J connectivity index is 3.12. The number of ether oxygens (including phenoxy) is 2. The number of esters is 1. The first-order chi connectivity index (χ1) is 52.7. The Morgan fingerprint density at radius 2 is 1.20 bits per heavy atom. The van der Waals surface area contributed by atoms with E-state index < -0.39 is 266 Å². The number of aliphatic carboxylic acids is 2. The summed E-state index contributed by atoms with van der Waals surface area (Å²) in [5.41, 5.74) is 23.0. The van der Waals surface area contributed by atoms with Gasteiger partial charge in [-0.25, -0.2) is 4.79 Å². The molecular formula is C74H129N15O24. The van der Waals surface area contributed by atoms with Gasteiger partial charge in [0.2, 0.25) is 70.9 Å². The number of hydrogen-bond donors (Lipinski definition) is 19. The van der Waals surface area contributed by atoms with Gasteiger partial charge < -0.3 is 121 Å².